The fourth-order valence-corrected chi connectivity index (χ4v) is 3.22. The van der Waals surface area contributed by atoms with Gasteiger partial charge in [-0.25, -0.2) is 0 Å². The van der Waals surface area contributed by atoms with Crippen LogP contribution in [0.3, 0.4) is 0 Å². The first-order valence-electron chi connectivity index (χ1n) is 9.34. The molecule has 26 heavy (non-hydrogen) atoms. The summed E-state index contributed by atoms with van der Waals surface area (Å²) in [5.41, 5.74) is 3.73. The van der Waals surface area contributed by atoms with Crippen molar-refractivity contribution in [2.24, 2.45) is 0 Å². The first kappa shape index (κ1) is 18.2. The summed E-state index contributed by atoms with van der Waals surface area (Å²) < 4.78 is 17.7. The fraction of sp³-hybridized carbons (Fsp3) is 0.391. The number of benzene rings is 2. The number of unbranched alkanes of at least 4 members (excludes halogenated alkanes) is 3. The lowest BCUT2D eigenvalue weighted by Gasteiger charge is -2.09. The molecule has 3 nitrogen and oxygen atoms in total. The minimum Gasteiger partial charge on any atom is -0.493 e. The van der Waals surface area contributed by atoms with Crippen LogP contribution in [0.1, 0.15) is 50.7 Å². The van der Waals surface area contributed by atoms with Gasteiger partial charge in [0, 0.05) is 28.8 Å². The van der Waals surface area contributed by atoms with Crippen LogP contribution < -0.4 is 9.47 Å². The van der Waals surface area contributed by atoms with Gasteiger partial charge in [0.2, 0.25) is 0 Å². The minimum atomic E-state index is 0.732. The zero-order valence-electron chi connectivity index (χ0n) is 16.1. The standard InChI is InChI=1S/C23H26O3/c1-5-7-8-9-15-25-21-13-11-19-18-10-12-20(24-14-6-2)16(3)22(18)26-23(19)17(21)4/h10-13H,5,7-9,15H2,1-4H3. The summed E-state index contributed by atoms with van der Waals surface area (Å²) in [5, 5.41) is 2.19. The predicted octanol–water partition coefficient (Wildman–Crippen LogP) is 6.52. The Morgan fingerprint density at radius 3 is 2.19 bits per heavy atom. The van der Waals surface area contributed by atoms with E-state index in [2.05, 4.69) is 38.0 Å². The molecule has 0 bridgehead atoms. The average Bonchev–Trinajstić information content (AvgIpc) is 3.03. The Morgan fingerprint density at radius 2 is 1.54 bits per heavy atom. The van der Waals surface area contributed by atoms with Crippen molar-refractivity contribution < 1.29 is 13.9 Å². The SMILES string of the molecule is CC#COc1ccc2c(oc3c(C)c(OCCCCCC)ccc32)c1C. The highest BCUT2D eigenvalue weighted by Gasteiger charge is 2.16. The highest BCUT2D eigenvalue weighted by atomic mass is 16.5. The molecule has 0 aliphatic carbocycles. The Hall–Kier alpha value is -2.60. The second-order valence-corrected chi connectivity index (χ2v) is 6.60. The smallest absolute Gasteiger partial charge is 0.146 e. The van der Waals surface area contributed by atoms with E-state index in [9.17, 15) is 0 Å². The molecule has 0 aliphatic heterocycles. The molecule has 3 rings (SSSR count). The zero-order chi connectivity index (χ0) is 18.5. The van der Waals surface area contributed by atoms with Gasteiger partial charge in [-0.2, -0.15) is 0 Å². The van der Waals surface area contributed by atoms with E-state index in [0.29, 0.717) is 0 Å². The van der Waals surface area contributed by atoms with Crippen LogP contribution in [0.5, 0.6) is 11.5 Å². The van der Waals surface area contributed by atoms with Crippen LogP contribution in [0.4, 0.5) is 0 Å². The van der Waals surface area contributed by atoms with Crippen molar-refractivity contribution in [1.82, 2.24) is 0 Å². The van der Waals surface area contributed by atoms with E-state index in [1.54, 1.807) is 6.92 Å². The monoisotopic (exact) mass is 350 g/mol. The number of hydrogen-bond acceptors (Lipinski definition) is 3. The van der Waals surface area contributed by atoms with E-state index >= 15 is 0 Å². The number of hydrogen-bond donors (Lipinski definition) is 0. The maximum atomic E-state index is 6.21. The van der Waals surface area contributed by atoms with Gasteiger partial charge in [0.1, 0.15) is 28.8 Å². The van der Waals surface area contributed by atoms with Gasteiger partial charge >= 0.3 is 0 Å². The average molecular weight is 350 g/mol. The molecule has 0 aliphatic rings. The third kappa shape index (κ3) is 3.51. The highest BCUT2D eigenvalue weighted by molar-refractivity contribution is 6.07. The van der Waals surface area contributed by atoms with Crippen molar-refractivity contribution in [2.45, 2.75) is 53.4 Å². The van der Waals surface area contributed by atoms with Crippen molar-refractivity contribution in [2.75, 3.05) is 6.61 Å². The molecule has 0 atom stereocenters. The highest BCUT2D eigenvalue weighted by Crippen LogP contribution is 2.38. The number of fused-ring (bicyclic) bond motifs is 3. The third-order valence-electron chi connectivity index (χ3n) is 4.73. The maximum Gasteiger partial charge on any atom is 0.146 e. The topological polar surface area (TPSA) is 31.6 Å². The normalized spacial score (nSPS) is 10.8. The molecule has 1 heterocycles. The van der Waals surface area contributed by atoms with Gasteiger partial charge < -0.3 is 13.9 Å². The Labute approximate surface area is 155 Å². The summed E-state index contributed by atoms with van der Waals surface area (Å²) in [6.45, 7) is 8.77. The van der Waals surface area contributed by atoms with Crippen LogP contribution in [0.2, 0.25) is 0 Å². The Morgan fingerprint density at radius 1 is 0.885 bits per heavy atom. The lowest BCUT2D eigenvalue weighted by Crippen LogP contribution is -1.98. The van der Waals surface area contributed by atoms with Crippen LogP contribution in [-0.2, 0) is 0 Å². The van der Waals surface area contributed by atoms with Crippen molar-refractivity contribution in [3.8, 4) is 23.5 Å². The molecule has 0 fully saturated rings. The van der Waals surface area contributed by atoms with Crippen molar-refractivity contribution in [3.63, 3.8) is 0 Å². The van der Waals surface area contributed by atoms with E-state index in [-0.39, 0.29) is 0 Å². The molecule has 3 heteroatoms. The number of furan rings is 1. The second kappa shape index (κ2) is 8.19. The first-order chi connectivity index (χ1) is 12.7. The van der Waals surface area contributed by atoms with Crippen LogP contribution in [0, 0.1) is 25.9 Å². The van der Waals surface area contributed by atoms with E-state index in [1.807, 2.05) is 19.1 Å². The number of aryl methyl sites for hydroxylation is 2. The molecule has 2 aromatic carbocycles. The maximum absolute atomic E-state index is 6.21. The molecule has 1 aromatic heterocycles. The molecule has 0 saturated carbocycles. The minimum absolute atomic E-state index is 0.732. The zero-order valence-corrected chi connectivity index (χ0v) is 16.1. The van der Waals surface area contributed by atoms with Crippen molar-refractivity contribution in [1.29, 1.82) is 0 Å². The number of ether oxygens (including phenoxy) is 2. The van der Waals surface area contributed by atoms with Gasteiger partial charge in [0.25, 0.3) is 0 Å². The molecule has 0 N–H and O–H groups in total. The largest absolute Gasteiger partial charge is 0.493 e. The summed E-state index contributed by atoms with van der Waals surface area (Å²) >= 11 is 0. The Kier molecular flexibility index (Phi) is 5.73. The summed E-state index contributed by atoms with van der Waals surface area (Å²) in [6, 6.07) is 8.12. The lowest BCUT2D eigenvalue weighted by atomic mass is 10.1. The molecule has 0 saturated heterocycles. The molecule has 0 radical (unpaired) electrons. The first-order valence-corrected chi connectivity index (χ1v) is 9.34. The molecule has 0 spiro atoms. The van der Waals surface area contributed by atoms with Crippen LogP contribution >= 0.6 is 0 Å². The quantitative estimate of drug-likeness (QED) is 0.359. The van der Waals surface area contributed by atoms with Gasteiger partial charge in [0.05, 0.1) is 6.61 Å². The van der Waals surface area contributed by atoms with E-state index in [4.69, 9.17) is 13.9 Å². The summed E-state index contributed by atoms with van der Waals surface area (Å²) in [6.07, 6.45) is 7.45. The Balaban J connectivity index is 1.93. The van der Waals surface area contributed by atoms with Gasteiger partial charge in [0.15, 0.2) is 0 Å². The molecule has 0 unspecified atom stereocenters. The lowest BCUT2D eigenvalue weighted by molar-refractivity contribution is 0.303. The van der Waals surface area contributed by atoms with E-state index in [0.717, 1.165) is 57.6 Å². The summed E-state index contributed by atoms with van der Waals surface area (Å²) in [7, 11) is 0. The van der Waals surface area contributed by atoms with E-state index < -0.39 is 0 Å². The Bertz CT molecular complexity index is 970. The van der Waals surface area contributed by atoms with Crippen LogP contribution in [0.25, 0.3) is 21.9 Å². The second-order valence-electron chi connectivity index (χ2n) is 6.60. The van der Waals surface area contributed by atoms with Gasteiger partial charge in [-0.05, 0) is 44.5 Å². The van der Waals surface area contributed by atoms with Crippen LogP contribution in [-0.4, -0.2) is 6.61 Å². The summed E-state index contributed by atoms with van der Waals surface area (Å²) in [5.74, 6) is 4.38. The fourth-order valence-electron chi connectivity index (χ4n) is 3.22. The third-order valence-corrected chi connectivity index (χ3v) is 4.73. The molecule has 0 amide bonds. The summed E-state index contributed by atoms with van der Waals surface area (Å²) in [4.78, 5) is 0. The number of rotatable bonds is 7. The molecular weight excluding hydrogens is 324 g/mol. The van der Waals surface area contributed by atoms with Crippen molar-refractivity contribution in [3.05, 3.63) is 35.4 Å². The molecule has 3 aromatic rings. The molecular formula is C23H26O3. The van der Waals surface area contributed by atoms with Crippen molar-refractivity contribution >= 4 is 21.9 Å². The molecule has 136 valence electrons. The van der Waals surface area contributed by atoms with Gasteiger partial charge in [-0.3, -0.25) is 0 Å². The predicted molar refractivity (Wildman–Crippen MR) is 107 cm³/mol. The van der Waals surface area contributed by atoms with Gasteiger partial charge in [-0.1, -0.05) is 32.1 Å². The van der Waals surface area contributed by atoms with E-state index in [1.165, 1.54) is 19.3 Å². The van der Waals surface area contributed by atoms with Crippen LogP contribution in [0.15, 0.2) is 28.7 Å². The van der Waals surface area contributed by atoms with Gasteiger partial charge in [-0.15, -0.1) is 0 Å².